The first-order valence-corrected chi connectivity index (χ1v) is 8.01. The topological polar surface area (TPSA) is 12.0 Å². The lowest BCUT2D eigenvalue weighted by atomic mass is 9.99. The molecular weight excluding hydrogens is 281 g/mol. The molecule has 1 nitrogen and oxygen atoms in total. The summed E-state index contributed by atoms with van der Waals surface area (Å²) in [6.07, 6.45) is 5.24. The first-order valence-electron chi connectivity index (χ1n) is 6.86. The predicted octanol–water partition coefficient (Wildman–Crippen LogP) is 3.87. The fourth-order valence-electron chi connectivity index (χ4n) is 2.14. The highest BCUT2D eigenvalue weighted by Crippen LogP contribution is 2.22. The Hall–Kier alpha value is -1.76. The first kappa shape index (κ1) is 15.6. The third-order valence-electron chi connectivity index (χ3n) is 3.12. The number of benzene rings is 2. The van der Waals surface area contributed by atoms with Gasteiger partial charge in [0.25, 0.3) is 0 Å². The Labute approximate surface area is 130 Å². The Kier molecular flexibility index (Phi) is 6.33. The van der Waals surface area contributed by atoms with Gasteiger partial charge in [-0.15, -0.1) is 18.2 Å². The van der Waals surface area contributed by atoms with Crippen molar-refractivity contribution in [3.05, 3.63) is 71.5 Å². The second-order valence-electron chi connectivity index (χ2n) is 4.61. The Morgan fingerprint density at radius 3 is 2.38 bits per heavy atom. The van der Waals surface area contributed by atoms with Crippen molar-refractivity contribution in [1.29, 1.82) is 0 Å². The van der Waals surface area contributed by atoms with Crippen molar-refractivity contribution in [2.45, 2.75) is 6.04 Å². The minimum absolute atomic E-state index is 0.0678. The molecule has 1 unspecified atom stereocenters. The highest BCUT2D eigenvalue weighted by Gasteiger charge is 2.12. The van der Waals surface area contributed by atoms with Gasteiger partial charge in [-0.3, -0.25) is 0 Å². The van der Waals surface area contributed by atoms with Crippen LogP contribution in [-0.4, -0.2) is 18.1 Å². The van der Waals surface area contributed by atoms with E-state index in [4.69, 9.17) is 6.42 Å². The summed E-state index contributed by atoms with van der Waals surface area (Å²) < 4.78 is 13.1. The Bertz CT molecular complexity index is 574. The molecule has 0 saturated heterocycles. The molecule has 21 heavy (non-hydrogen) atoms. The fourth-order valence-corrected chi connectivity index (χ4v) is 2.66. The molecule has 0 spiro atoms. The lowest BCUT2D eigenvalue weighted by Gasteiger charge is -2.19. The Morgan fingerprint density at radius 1 is 1.05 bits per heavy atom. The van der Waals surface area contributed by atoms with E-state index in [0.717, 1.165) is 23.6 Å². The largest absolute Gasteiger partial charge is 0.305 e. The monoisotopic (exact) mass is 299 g/mol. The van der Waals surface area contributed by atoms with E-state index in [2.05, 4.69) is 23.4 Å². The van der Waals surface area contributed by atoms with Crippen molar-refractivity contribution in [1.82, 2.24) is 5.32 Å². The van der Waals surface area contributed by atoms with E-state index in [0.29, 0.717) is 0 Å². The SMILES string of the molecule is C#CCSCCNC(c1ccccc1)c1ccc(F)cc1. The zero-order valence-electron chi connectivity index (χ0n) is 11.8. The standard InChI is InChI=1S/C18H18FNS/c1-2-13-21-14-12-20-18(15-6-4-3-5-7-15)16-8-10-17(19)11-9-16/h1,3-11,18,20H,12-14H2. The average Bonchev–Trinajstić information content (AvgIpc) is 2.53. The molecule has 1 atom stereocenters. The van der Waals surface area contributed by atoms with E-state index in [1.54, 1.807) is 11.8 Å². The number of terminal acetylenes is 1. The maximum atomic E-state index is 13.1. The van der Waals surface area contributed by atoms with Gasteiger partial charge in [0, 0.05) is 12.3 Å². The molecule has 0 heterocycles. The van der Waals surface area contributed by atoms with Crippen LogP contribution in [0.2, 0.25) is 0 Å². The van der Waals surface area contributed by atoms with Crippen LogP contribution in [0.3, 0.4) is 0 Å². The zero-order valence-corrected chi connectivity index (χ0v) is 12.6. The van der Waals surface area contributed by atoms with Crippen LogP contribution in [-0.2, 0) is 0 Å². The van der Waals surface area contributed by atoms with E-state index in [1.807, 2.05) is 30.3 Å². The Balaban J connectivity index is 2.08. The van der Waals surface area contributed by atoms with Crippen LogP contribution in [0.25, 0.3) is 0 Å². The highest BCUT2D eigenvalue weighted by atomic mass is 32.2. The van der Waals surface area contributed by atoms with Crippen molar-refractivity contribution in [3.8, 4) is 12.3 Å². The average molecular weight is 299 g/mol. The molecule has 108 valence electrons. The van der Waals surface area contributed by atoms with Crippen molar-refractivity contribution in [2.75, 3.05) is 18.1 Å². The summed E-state index contributed by atoms with van der Waals surface area (Å²) >= 11 is 1.73. The van der Waals surface area contributed by atoms with Crippen LogP contribution >= 0.6 is 11.8 Å². The van der Waals surface area contributed by atoms with E-state index < -0.39 is 0 Å². The molecule has 0 saturated carbocycles. The van der Waals surface area contributed by atoms with Crippen molar-refractivity contribution in [2.24, 2.45) is 0 Å². The van der Waals surface area contributed by atoms with E-state index in [9.17, 15) is 4.39 Å². The molecule has 0 fully saturated rings. The van der Waals surface area contributed by atoms with Crippen LogP contribution in [0.4, 0.5) is 4.39 Å². The molecule has 0 bridgehead atoms. The summed E-state index contributed by atoms with van der Waals surface area (Å²) in [4.78, 5) is 0. The zero-order chi connectivity index (χ0) is 14.9. The van der Waals surface area contributed by atoms with Gasteiger partial charge in [0.15, 0.2) is 0 Å². The molecule has 3 heteroatoms. The normalized spacial score (nSPS) is 11.8. The van der Waals surface area contributed by atoms with Crippen LogP contribution in [0, 0.1) is 18.2 Å². The third kappa shape index (κ3) is 4.93. The van der Waals surface area contributed by atoms with Crippen molar-refractivity contribution >= 4 is 11.8 Å². The molecule has 0 aliphatic heterocycles. The summed E-state index contributed by atoms with van der Waals surface area (Å²) in [5, 5.41) is 3.52. The second-order valence-corrected chi connectivity index (χ2v) is 5.71. The molecule has 2 aromatic carbocycles. The number of halogens is 1. The van der Waals surface area contributed by atoms with Gasteiger partial charge in [0.05, 0.1) is 11.8 Å². The van der Waals surface area contributed by atoms with Gasteiger partial charge in [-0.2, -0.15) is 0 Å². The maximum absolute atomic E-state index is 13.1. The smallest absolute Gasteiger partial charge is 0.123 e. The summed E-state index contributed by atoms with van der Waals surface area (Å²) in [5.41, 5.74) is 2.23. The molecule has 0 aliphatic carbocycles. The van der Waals surface area contributed by atoms with Gasteiger partial charge in [0.1, 0.15) is 5.82 Å². The second kappa shape index (κ2) is 8.51. The molecular formula is C18H18FNS. The van der Waals surface area contributed by atoms with Crippen molar-refractivity contribution in [3.63, 3.8) is 0 Å². The molecule has 2 aromatic rings. The molecule has 0 aromatic heterocycles. The molecule has 0 aliphatic rings. The molecule has 1 N–H and O–H groups in total. The van der Waals surface area contributed by atoms with Crippen molar-refractivity contribution < 1.29 is 4.39 Å². The lowest BCUT2D eigenvalue weighted by molar-refractivity contribution is 0.615. The first-order chi connectivity index (χ1) is 10.3. The maximum Gasteiger partial charge on any atom is 0.123 e. The molecule has 2 rings (SSSR count). The van der Waals surface area contributed by atoms with Gasteiger partial charge >= 0.3 is 0 Å². The lowest BCUT2D eigenvalue weighted by Crippen LogP contribution is -2.24. The number of nitrogens with one attached hydrogen (secondary N) is 1. The van der Waals surface area contributed by atoms with Gasteiger partial charge in [-0.05, 0) is 23.3 Å². The van der Waals surface area contributed by atoms with Gasteiger partial charge in [0.2, 0.25) is 0 Å². The van der Waals surface area contributed by atoms with Gasteiger partial charge in [-0.1, -0.05) is 48.4 Å². The fraction of sp³-hybridized carbons (Fsp3) is 0.222. The summed E-state index contributed by atoms with van der Waals surface area (Å²) in [7, 11) is 0. The summed E-state index contributed by atoms with van der Waals surface area (Å²) in [6, 6.07) is 16.9. The van der Waals surface area contributed by atoms with Crippen LogP contribution < -0.4 is 5.32 Å². The van der Waals surface area contributed by atoms with Crippen LogP contribution in [0.5, 0.6) is 0 Å². The van der Waals surface area contributed by atoms with E-state index >= 15 is 0 Å². The highest BCUT2D eigenvalue weighted by molar-refractivity contribution is 7.99. The van der Waals surface area contributed by atoms with E-state index in [-0.39, 0.29) is 11.9 Å². The number of thioether (sulfide) groups is 1. The third-order valence-corrected chi connectivity index (χ3v) is 3.98. The summed E-state index contributed by atoms with van der Waals surface area (Å²) in [5.74, 6) is 4.09. The van der Waals surface area contributed by atoms with Crippen LogP contribution in [0.15, 0.2) is 54.6 Å². The quantitative estimate of drug-likeness (QED) is 0.615. The van der Waals surface area contributed by atoms with Crippen LogP contribution in [0.1, 0.15) is 17.2 Å². The molecule has 0 radical (unpaired) electrons. The number of rotatable bonds is 7. The van der Waals surface area contributed by atoms with E-state index in [1.165, 1.54) is 17.7 Å². The minimum Gasteiger partial charge on any atom is -0.305 e. The minimum atomic E-state index is -0.213. The summed E-state index contributed by atoms with van der Waals surface area (Å²) in [6.45, 7) is 0.850. The Morgan fingerprint density at radius 2 is 1.71 bits per heavy atom. The predicted molar refractivity (Wildman–Crippen MR) is 88.8 cm³/mol. The molecule has 0 amide bonds. The number of hydrogen-bond donors (Lipinski definition) is 1. The van der Waals surface area contributed by atoms with Gasteiger partial charge < -0.3 is 5.32 Å². The van der Waals surface area contributed by atoms with Gasteiger partial charge in [-0.25, -0.2) is 4.39 Å². The number of hydrogen-bond acceptors (Lipinski definition) is 2.